The number of halogens is 2. The molecule has 2 aromatic heterocycles. The smallest absolute Gasteiger partial charge is 0.247 e. The number of nitrogens with zero attached hydrogens (tertiary/aromatic N) is 6. The molecule has 1 fully saturated rings. The van der Waals surface area contributed by atoms with E-state index >= 15 is 0 Å². The molecule has 2 N–H and O–H groups in total. The number of hydrogen-bond acceptors (Lipinski definition) is 9. The minimum atomic E-state index is -0.463. The molecule has 0 spiro atoms. The van der Waals surface area contributed by atoms with Crippen LogP contribution in [0.25, 0.3) is 0 Å². The molecule has 5 rings (SSSR count). The molecule has 0 bridgehead atoms. The predicted molar refractivity (Wildman–Crippen MR) is 146 cm³/mol. The molecule has 2 aliphatic heterocycles. The first-order chi connectivity index (χ1) is 18.2. The zero-order valence-corrected chi connectivity index (χ0v) is 22.1. The van der Waals surface area contributed by atoms with Crippen LogP contribution >= 0.6 is 11.6 Å². The first kappa shape index (κ1) is 25.7. The van der Waals surface area contributed by atoms with Crippen molar-refractivity contribution in [1.29, 1.82) is 0 Å². The zero-order valence-electron chi connectivity index (χ0n) is 21.4. The summed E-state index contributed by atoms with van der Waals surface area (Å²) in [6.45, 7) is 9.78. The zero-order chi connectivity index (χ0) is 27.0. The van der Waals surface area contributed by atoms with Gasteiger partial charge in [-0.3, -0.25) is 4.79 Å². The van der Waals surface area contributed by atoms with Crippen molar-refractivity contribution in [3.8, 4) is 5.88 Å². The van der Waals surface area contributed by atoms with E-state index in [4.69, 9.17) is 16.3 Å². The van der Waals surface area contributed by atoms with Crippen LogP contribution in [0.4, 0.5) is 39.2 Å². The maximum Gasteiger partial charge on any atom is 0.247 e. The van der Waals surface area contributed by atoms with Crippen LogP contribution in [0.3, 0.4) is 0 Å². The van der Waals surface area contributed by atoms with Crippen molar-refractivity contribution < 1.29 is 13.9 Å². The summed E-state index contributed by atoms with van der Waals surface area (Å²) in [5, 5.41) is 6.01. The maximum absolute atomic E-state index is 14.2. The molecule has 0 radical (unpaired) electrons. The minimum absolute atomic E-state index is 0.0295. The number of carbonyl (C=O) groups is 1. The molecule has 0 saturated carbocycles. The van der Waals surface area contributed by atoms with Crippen LogP contribution in [0.2, 0.25) is 5.02 Å². The Morgan fingerprint density at radius 3 is 2.66 bits per heavy atom. The molecule has 4 heterocycles. The molecule has 1 aromatic carbocycles. The van der Waals surface area contributed by atoms with Crippen LogP contribution in [-0.4, -0.2) is 52.6 Å². The van der Waals surface area contributed by atoms with E-state index in [1.807, 2.05) is 18.7 Å². The lowest BCUT2D eigenvalue weighted by Gasteiger charge is -2.23. The second-order valence-electron chi connectivity index (χ2n) is 9.79. The summed E-state index contributed by atoms with van der Waals surface area (Å²) < 4.78 is 19.8. The van der Waals surface area contributed by atoms with E-state index in [1.165, 1.54) is 25.6 Å². The summed E-state index contributed by atoms with van der Waals surface area (Å²) in [6, 6.07) is 4.80. The molecule has 3 aromatic rings. The van der Waals surface area contributed by atoms with Gasteiger partial charge in [0, 0.05) is 30.7 Å². The Morgan fingerprint density at radius 1 is 1.18 bits per heavy atom. The lowest BCUT2D eigenvalue weighted by Crippen LogP contribution is -2.26. The number of methoxy groups -OCH3 is 1. The highest BCUT2D eigenvalue weighted by atomic mass is 35.5. The number of carbonyl (C=O) groups excluding carboxylic acids is 1. The van der Waals surface area contributed by atoms with Gasteiger partial charge in [-0.25, -0.2) is 14.4 Å². The summed E-state index contributed by atoms with van der Waals surface area (Å²) in [7, 11) is 1.52. The van der Waals surface area contributed by atoms with E-state index in [-0.39, 0.29) is 22.3 Å². The fourth-order valence-corrected chi connectivity index (χ4v) is 4.98. The van der Waals surface area contributed by atoms with Crippen molar-refractivity contribution >= 4 is 52.3 Å². The summed E-state index contributed by atoms with van der Waals surface area (Å²) in [4.78, 5) is 34.1. The SMILES string of the molecule is C=CC(=O)Nc1cc(Nc2ncnc(N3CC(C)(C)c4cc(F)c(Cl)cc43)n2)c(OC)nc1N1CCCC1. The molecule has 198 valence electrons. The molecule has 0 atom stereocenters. The van der Waals surface area contributed by atoms with E-state index in [0.717, 1.165) is 37.2 Å². The number of aromatic nitrogens is 4. The number of fused-ring (bicyclic) bond motifs is 1. The van der Waals surface area contributed by atoms with Gasteiger partial charge < -0.3 is 25.2 Å². The normalized spacial score (nSPS) is 15.8. The molecular weight excluding hydrogens is 511 g/mol. The van der Waals surface area contributed by atoms with Crippen molar-refractivity contribution in [3.05, 3.63) is 53.6 Å². The van der Waals surface area contributed by atoms with Gasteiger partial charge in [-0.05, 0) is 42.7 Å². The van der Waals surface area contributed by atoms with Crippen LogP contribution in [0, 0.1) is 5.82 Å². The minimum Gasteiger partial charge on any atom is -0.479 e. The summed E-state index contributed by atoms with van der Waals surface area (Å²) in [6.07, 6.45) is 4.68. The lowest BCUT2D eigenvalue weighted by molar-refractivity contribution is -0.111. The first-order valence-electron chi connectivity index (χ1n) is 12.2. The second kappa shape index (κ2) is 10.1. The average molecular weight is 539 g/mol. The predicted octanol–water partition coefficient (Wildman–Crippen LogP) is 4.97. The van der Waals surface area contributed by atoms with Gasteiger partial charge in [0.15, 0.2) is 5.82 Å². The fourth-order valence-electron chi connectivity index (χ4n) is 4.82. The topological polar surface area (TPSA) is 108 Å². The number of nitrogens with one attached hydrogen (secondary N) is 2. The maximum atomic E-state index is 14.2. The third kappa shape index (κ3) is 4.81. The van der Waals surface area contributed by atoms with Crippen LogP contribution in [0.15, 0.2) is 37.2 Å². The highest BCUT2D eigenvalue weighted by molar-refractivity contribution is 6.31. The van der Waals surface area contributed by atoms with Crippen molar-refractivity contribution in [2.45, 2.75) is 32.1 Å². The van der Waals surface area contributed by atoms with Gasteiger partial charge in [0.05, 0.1) is 17.8 Å². The van der Waals surface area contributed by atoms with Gasteiger partial charge in [0.25, 0.3) is 0 Å². The molecular formula is C26H28ClFN8O2. The molecule has 38 heavy (non-hydrogen) atoms. The Bertz CT molecular complexity index is 1410. The van der Waals surface area contributed by atoms with Crippen molar-refractivity contribution in [2.24, 2.45) is 0 Å². The van der Waals surface area contributed by atoms with Gasteiger partial charge in [-0.15, -0.1) is 0 Å². The second-order valence-corrected chi connectivity index (χ2v) is 10.2. The number of amides is 1. The van der Waals surface area contributed by atoms with E-state index in [9.17, 15) is 9.18 Å². The van der Waals surface area contributed by atoms with Crippen LogP contribution in [0.1, 0.15) is 32.3 Å². The van der Waals surface area contributed by atoms with Crippen LogP contribution in [-0.2, 0) is 10.2 Å². The van der Waals surface area contributed by atoms with Crippen molar-refractivity contribution in [2.75, 3.05) is 47.2 Å². The standard InChI is InChI=1S/C26H28ClFN8O2/c1-5-21(37)31-18-12-19(23(38-4)33-22(18)35-8-6-7-9-35)32-24-29-14-30-25(34-24)36-13-26(2,3)15-10-17(28)16(27)11-20(15)36/h5,10-12,14H,1,6-9,13H2,2-4H3,(H,31,37)(H,29,30,32,34). The van der Waals surface area contributed by atoms with Gasteiger partial charge >= 0.3 is 0 Å². The Kier molecular flexibility index (Phi) is 6.78. The molecule has 0 aliphatic carbocycles. The number of ether oxygens (including phenoxy) is 1. The quantitative estimate of drug-likeness (QED) is 0.403. The number of pyridine rings is 1. The van der Waals surface area contributed by atoms with Gasteiger partial charge in [0.2, 0.25) is 23.7 Å². The monoisotopic (exact) mass is 538 g/mol. The molecule has 1 saturated heterocycles. The Balaban J connectivity index is 1.50. The third-order valence-corrected chi connectivity index (χ3v) is 6.96. The highest BCUT2D eigenvalue weighted by Gasteiger charge is 2.38. The fraction of sp³-hybridized carbons (Fsp3) is 0.346. The number of benzene rings is 1. The molecule has 0 unspecified atom stereocenters. The Hall–Kier alpha value is -3.99. The average Bonchev–Trinajstić information content (AvgIpc) is 3.51. The van der Waals surface area contributed by atoms with Crippen LogP contribution < -0.4 is 25.2 Å². The molecule has 12 heteroatoms. The number of hydrogen-bond donors (Lipinski definition) is 2. The van der Waals surface area contributed by atoms with Crippen molar-refractivity contribution in [3.63, 3.8) is 0 Å². The summed E-state index contributed by atoms with van der Waals surface area (Å²) in [5.74, 6) is 0.741. The Labute approximate surface area is 224 Å². The molecule has 10 nitrogen and oxygen atoms in total. The van der Waals surface area contributed by atoms with E-state index in [0.29, 0.717) is 35.6 Å². The van der Waals surface area contributed by atoms with Gasteiger partial charge in [0.1, 0.15) is 17.8 Å². The van der Waals surface area contributed by atoms with Crippen LogP contribution in [0.5, 0.6) is 5.88 Å². The lowest BCUT2D eigenvalue weighted by atomic mass is 9.87. The van der Waals surface area contributed by atoms with E-state index in [1.54, 1.807) is 12.1 Å². The van der Waals surface area contributed by atoms with E-state index < -0.39 is 5.82 Å². The van der Waals surface area contributed by atoms with Gasteiger partial charge in [-0.2, -0.15) is 9.97 Å². The first-order valence-corrected chi connectivity index (χ1v) is 12.6. The third-order valence-electron chi connectivity index (χ3n) is 6.67. The molecule has 1 amide bonds. The molecule has 2 aliphatic rings. The van der Waals surface area contributed by atoms with E-state index in [2.05, 4.69) is 42.0 Å². The highest BCUT2D eigenvalue weighted by Crippen LogP contribution is 2.45. The summed E-state index contributed by atoms with van der Waals surface area (Å²) in [5.41, 5.74) is 2.18. The largest absolute Gasteiger partial charge is 0.479 e. The van der Waals surface area contributed by atoms with Gasteiger partial charge in [-0.1, -0.05) is 32.0 Å². The Morgan fingerprint density at radius 2 is 1.95 bits per heavy atom. The number of anilines is 6. The summed E-state index contributed by atoms with van der Waals surface area (Å²) >= 11 is 6.10. The van der Waals surface area contributed by atoms with Crippen molar-refractivity contribution in [1.82, 2.24) is 19.9 Å². The number of rotatable bonds is 7.